The molecule has 0 radical (unpaired) electrons. The van der Waals surface area contributed by atoms with E-state index in [1.165, 1.54) is 0 Å². The summed E-state index contributed by atoms with van der Waals surface area (Å²) in [5.74, 6) is 2.11. The zero-order valence-corrected chi connectivity index (χ0v) is 11.4. The van der Waals surface area contributed by atoms with Gasteiger partial charge in [-0.05, 0) is 32.0 Å². The maximum atomic E-state index is 5.91. The van der Waals surface area contributed by atoms with E-state index in [9.17, 15) is 0 Å². The summed E-state index contributed by atoms with van der Waals surface area (Å²) in [7, 11) is 3.16. The van der Waals surface area contributed by atoms with Crippen LogP contribution in [0.25, 0.3) is 11.4 Å². The SMILES string of the molecule is COc1ccc(-c2noc(C(C)(C)N)n2)cc1OC. The van der Waals surface area contributed by atoms with Crippen molar-refractivity contribution >= 4 is 0 Å². The van der Waals surface area contributed by atoms with Crippen LogP contribution in [0.15, 0.2) is 22.7 Å². The minimum Gasteiger partial charge on any atom is -0.493 e. The zero-order valence-electron chi connectivity index (χ0n) is 11.4. The first-order valence-corrected chi connectivity index (χ1v) is 5.81. The zero-order chi connectivity index (χ0) is 14.0. The fourth-order valence-corrected chi connectivity index (χ4v) is 1.58. The third kappa shape index (κ3) is 2.68. The van der Waals surface area contributed by atoms with E-state index >= 15 is 0 Å². The van der Waals surface area contributed by atoms with E-state index < -0.39 is 5.54 Å². The Bertz CT molecular complexity index is 573. The van der Waals surface area contributed by atoms with Crippen LogP contribution in [-0.4, -0.2) is 24.4 Å². The third-order valence-electron chi connectivity index (χ3n) is 2.62. The lowest BCUT2D eigenvalue weighted by molar-refractivity contribution is 0.312. The van der Waals surface area contributed by atoms with Gasteiger partial charge in [-0.15, -0.1) is 0 Å². The van der Waals surface area contributed by atoms with E-state index in [1.54, 1.807) is 40.2 Å². The Balaban J connectivity index is 2.39. The van der Waals surface area contributed by atoms with Crippen LogP contribution in [0.1, 0.15) is 19.7 Å². The average Bonchev–Trinajstić information content (AvgIpc) is 2.87. The molecule has 102 valence electrons. The molecule has 1 aromatic heterocycles. The second kappa shape index (κ2) is 4.89. The molecule has 1 heterocycles. The predicted molar refractivity (Wildman–Crippen MR) is 70.1 cm³/mol. The Kier molecular flexibility index (Phi) is 3.44. The molecule has 0 saturated heterocycles. The highest BCUT2D eigenvalue weighted by atomic mass is 16.5. The summed E-state index contributed by atoms with van der Waals surface area (Å²) in [5, 5.41) is 3.92. The van der Waals surface area contributed by atoms with E-state index in [2.05, 4.69) is 10.1 Å². The molecular weight excluding hydrogens is 246 g/mol. The van der Waals surface area contributed by atoms with E-state index in [0.29, 0.717) is 23.2 Å². The minimum atomic E-state index is -0.665. The van der Waals surface area contributed by atoms with E-state index in [-0.39, 0.29) is 0 Å². The number of ether oxygens (including phenoxy) is 2. The van der Waals surface area contributed by atoms with Gasteiger partial charge < -0.3 is 19.7 Å². The van der Waals surface area contributed by atoms with Crippen LogP contribution < -0.4 is 15.2 Å². The number of benzene rings is 1. The Morgan fingerprint density at radius 3 is 2.37 bits per heavy atom. The van der Waals surface area contributed by atoms with Gasteiger partial charge >= 0.3 is 0 Å². The monoisotopic (exact) mass is 263 g/mol. The van der Waals surface area contributed by atoms with Gasteiger partial charge in [-0.2, -0.15) is 4.98 Å². The highest BCUT2D eigenvalue weighted by Gasteiger charge is 2.23. The van der Waals surface area contributed by atoms with Gasteiger partial charge in [0, 0.05) is 5.56 Å². The molecule has 2 aromatic rings. The quantitative estimate of drug-likeness (QED) is 0.907. The van der Waals surface area contributed by atoms with Crippen molar-refractivity contribution in [1.29, 1.82) is 0 Å². The lowest BCUT2D eigenvalue weighted by Gasteiger charge is -2.10. The van der Waals surface area contributed by atoms with Gasteiger partial charge in [-0.1, -0.05) is 5.16 Å². The maximum absolute atomic E-state index is 5.91. The largest absolute Gasteiger partial charge is 0.493 e. The molecule has 0 bridgehead atoms. The molecule has 0 fully saturated rings. The number of methoxy groups -OCH3 is 2. The molecule has 0 unspecified atom stereocenters. The molecule has 19 heavy (non-hydrogen) atoms. The summed E-state index contributed by atoms with van der Waals surface area (Å²) in [6.45, 7) is 3.61. The van der Waals surface area contributed by atoms with Crippen molar-refractivity contribution in [3.05, 3.63) is 24.1 Å². The highest BCUT2D eigenvalue weighted by molar-refractivity contribution is 5.60. The molecule has 6 heteroatoms. The molecule has 0 atom stereocenters. The smallest absolute Gasteiger partial charge is 0.246 e. The summed E-state index contributed by atoms with van der Waals surface area (Å²) in [6, 6.07) is 5.41. The number of aromatic nitrogens is 2. The van der Waals surface area contributed by atoms with E-state index in [1.807, 2.05) is 6.07 Å². The van der Waals surface area contributed by atoms with Crippen molar-refractivity contribution in [1.82, 2.24) is 10.1 Å². The first-order chi connectivity index (χ1) is 8.95. The molecule has 1 aromatic carbocycles. The van der Waals surface area contributed by atoms with Gasteiger partial charge in [0.15, 0.2) is 11.5 Å². The lowest BCUT2D eigenvalue weighted by atomic mass is 10.1. The molecular formula is C13H17N3O3. The second-order valence-electron chi connectivity index (χ2n) is 4.71. The fraction of sp³-hybridized carbons (Fsp3) is 0.385. The van der Waals surface area contributed by atoms with E-state index in [0.717, 1.165) is 5.56 Å². The normalized spacial score (nSPS) is 11.4. The summed E-state index contributed by atoms with van der Waals surface area (Å²) in [4.78, 5) is 4.28. The summed E-state index contributed by atoms with van der Waals surface area (Å²) >= 11 is 0. The van der Waals surface area contributed by atoms with Crippen molar-refractivity contribution in [2.24, 2.45) is 5.73 Å². The number of nitrogens with zero attached hydrogens (tertiary/aromatic N) is 2. The van der Waals surface area contributed by atoms with Crippen molar-refractivity contribution in [3.8, 4) is 22.9 Å². The molecule has 6 nitrogen and oxygen atoms in total. The Labute approximate surface area is 111 Å². The Morgan fingerprint density at radius 1 is 1.16 bits per heavy atom. The van der Waals surface area contributed by atoms with Crippen LogP contribution in [-0.2, 0) is 5.54 Å². The first-order valence-electron chi connectivity index (χ1n) is 5.81. The van der Waals surface area contributed by atoms with Gasteiger partial charge in [0.05, 0.1) is 19.8 Å². The van der Waals surface area contributed by atoms with Crippen LogP contribution >= 0.6 is 0 Å². The summed E-state index contributed by atoms with van der Waals surface area (Å²) < 4.78 is 15.6. The van der Waals surface area contributed by atoms with Crippen molar-refractivity contribution in [3.63, 3.8) is 0 Å². The highest BCUT2D eigenvalue weighted by Crippen LogP contribution is 2.31. The van der Waals surface area contributed by atoms with Gasteiger partial charge in [-0.25, -0.2) is 0 Å². The second-order valence-corrected chi connectivity index (χ2v) is 4.71. The molecule has 2 rings (SSSR count). The Morgan fingerprint density at radius 2 is 1.84 bits per heavy atom. The molecule has 0 spiro atoms. The van der Waals surface area contributed by atoms with E-state index in [4.69, 9.17) is 19.7 Å². The van der Waals surface area contributed by atoms with Crippen molar-refractivity contribution in [2.75, 3.05) is 14.2 Å². The topological polar surface area (TPSA) is 83.4 Å². The predicted octanol–water partition coefficient (Wildman–Crippen LogP) is 1.95. The average molecular weight is 263 g/mol. The molecule has 0 saturated carbocycles. The minimum absolute atomic E-state index is 0.386. The van der Waals surface area contributed by atoms with Crippen molar-refractivity contribution < 1.29 is 14.0 Å². The third-order valence-corrected chi connectivity index (χ3v) is 2.62. The van der Waals surface area contributed by atoms with Crippen LogP contribution in [0.5, 0.6) is 11.5 Å². The Hall–Kier alpha value is -2.08. The van der Waals surface area contributed by atoms with Crippen LogP contribution in [0.3, 0.4) is 0 Å². The molecule has 2 N–H and O–H groups in total. The fourth-order valence-electron chi connectivity index (χ4n) is 1.58. The number of hydrogen-bond acceptors (Lipinski definition) is 6. The molecule has 0 amide bonds. The molecule has 0 aliphatic carbocycles. The number of nitrogens with two attached hydrogens (primary N) is 1. The number of rotatable bonds is 4. The number of hydrogen-bond donors (Lipinski definition) is 1. The lowest BCUT2D eigenvalue weighted by Crippen LogP contribution is -2.28. The van der Waals surface area contributed by atoms with Gasteiger partial charge in [0.25, 0.3) is 0 Å². The summed E-state index contributed by atoms with van der Waals surface area (Å²) in [5.41, 5.74) is 6.02. The van der Waals surface area contributed by atoms with Crippen LogP contribution in [0, 0.1) is 0 Å². The molecule has 0 aliphatic rings. The first kappa shape index (κ1) is 13.4. The molecule has 0 aliphatic heterocycles. The maximum Gasteiger partial charge on any atom is 0.246 e. The van der Waals surface area contributed by atoms with Crippen molar-refractivity contribution in [2.45, 2.75) is 19.4 Å². The van der Waals surface area contributed by atoms with Gasteiger partial charge in [-0.3, -0.25) is 0 Å². The summed E-state index contributed by atoms with van der Waals surface area (Å²) in [6.07, 6.45) is 0. The standard InChI is InChI=1S/C13H17N3O3/c1-13(2,14)12-15-11(16-19-12)8-5-6-9(17-3)10(7-8)18-4/h5-7H,14H2,1-4H3. The van der Waals surface area contributed by atoms with Gasteiger partial charge in [0.2, 0.25) is 11.7 Å². The van der Waals surface area contributed by atoms with Crippen LogP contribution in [0.2, 0.25) is 0 Å². The van der Waals surface area contributed by atoms with Crippen LogP contribution in [0.4, 0.5) is 0 Å². The van der Waals surface area contributed by atoms with Gasteiger partial charge in [0.1, 0.15) is 0 Å².